The van der Waals surface area contributed by atoms with E-state index in [1.165, 1.54) is 22.0 Å². The van der Waals surface area contributed by atoms with Crippen LogP contribution in [0, 0.1) is 0 Å². The Kier molecular flexibility index (Phi) is 5.13. The first-order valence-corrected chi connectivity index (χ1v) is 9.75. The van der Waals surface area contributed by atoms with Gasteiger partial charge in [0, 0.05) is 5.02 Å². The highest BCUT2D eigenvalue weighted by Gasteiger charge is 2.29. The minimum Gasteiger partial charge on any atom is -0.200 e. The van der Waals surface area contributed by atoms with Crippen LogP contribution in [0.4, 0.5) is 0 Å². The van der Waals surface area contributed by atoms with Crippen molar-refractivity contribution < 1.29 is 0 Å². The lowest BCUT2D eigenvalue weighted by Crippen LogP contribution is -2.68. The summed E-state index contributed by atoms with van der Waals surface area (Å²) in [6, 6.07) is 40.9. The van der Waals surface area contributed by atoms with E-state index in [9.17, 15) is 0 Å². The molecule has 4 aromatic rings. The molecular formula is C25H21BCl-. The summed E-state index contributed by atoms with van der Waals surface area (Å²) in [5, 5.41) is 0.774. The summed E-state index contributed by atoms with van der Waals surface area (Å²) in [6.07, 6.45) is -0.222. The van der Waals surface area contributed by atoms with Gasteiger partial charge in [-0.3, -0.25) is 0 Å². The Bertz CT molecular complexity index is 884. The first-order chi connectivity index (χ1) is 13.3. The zero-order valence-corrected chi connectivity index (χ0v) is 15.9. The van der Waals surface area contributed by atoms with Crippen LogP contribution in [0.3, 0.4) is 0 Å². The first kappa shape index (κ1) is 17.6. The van der Waals surface area contributed by atoms with E-state index >= 15 is 0 Å². The predicted molar refractivity (Wildman–Crippen MR) is 119 cm³/mol. The van der Waals surface area contributed by atoms with Crippen LogP contribution in [0.15, 0.2) is 115 Å². The normalized spacial score (nSPS) is 11.3. The minimum absolute atomic E-state index is 0.774. The van der Waals surface area contributed by atoms with Crippen LogP contribution in [0.5, 0.6) is 0 Å². The fourth-order valence-corrected chi connectivity index (χ4v) is 4.38. The molecule has 0 aliphatic rings. The van der Waals surface area contributed by atoms with Crippen molar-refractivity contribution >= 4 is 34.1 Å². The van der Waals surface area contributed by atoms with Gasteiger partial charge in [-0.05, 0) is 12.1 Å². The average Bonchev–Trinajstić information content (AvgIpc) is 2.75. The third-order valence-corrected chi connectivity index (χ3v) is 5.81. The Morgan fingerprint density at radius 2 is 0.852 bits per heavy atom. The summed E-state index contributed by atoms with van der Waals surface area (Å²) in [6.45, 7) is 0. The van der Waals surface area contributed by atoms with E-state index < -0.39 is 6.15 Å². The van der Waals surface area contributed by atoms with Gasteiger partial charge in [0.25, 0.3) is 0 Å². The quantitative estimate of drug-likeness (QED) is 0.453. The molecule has 0 radical (unpaired) electrons. The lowest BCUT2D eigenvalue weighted by atomic mass is 9.14. The maximum absolute atomic E-state index is 6.14. The summed E-state index contributed by atoms with van der Waals surface area (Å²) < 4.78 is 0. The van der Waals surface area contributed by atoms with E-state index in [0.29, 0.717) is 0 Å². The van der Waals surface area contributed by atoms with Gasteiger partial charge in [-0.25, -0.2) is 0 Å². The van der Waals surface area contributed by atoms with Crippen LogP contribution in [-0.2, 0) is 6.32 Å². The van der Waals surface area contributed by atoms with E-state index in [2.05, 4.69) is 103 Å². The van der Waals surface area contributed by atoms with E-state index in [1.807, 2.05) is 12.1 Å². The molecule has 2 heteroatoms. The average molecular weight is 368 g/mol. The Morgan fingerprint density at radius 1 is 0.481 bits per heavy atom. The molecule has 132 valence electrons. The molecule has 0 saturated heterocycles. The maximum Gasteiger partial charge on any atom is 0.0856 e. The summed E-state index contributed by atoms with van der Waals surface area (Å²) in [7, 11) is 0. The van der Waals surface area contributed by atoms with Gasteiger partial charge in [0.2, 0.25) is 0 Å². The Morgan fingerprint density at radius 3 is 1.22 bits per heavy atom. The molecule has 0 amide bonds. The predicted octanol–water partition coefficient (Wildman–Crippen LogP) is 4.59. The zero-order chi connectivity index (χ0) is 18.5. The molecule has 0 bridgehead atoms. The van der Waals surface area contributed by atoms with Crippen molar-refractivity contribution in [2.75, 3.05) is 0 Å². The van der Waals surface area contributed by atoms with Crippen molar-refractivity contribution in [1.82, 2.24) is 0 Å². The third-order valence-electron chi connectivity index (χ3n) is 5.56. The summed E-state index contributed by atoms with van der Waals surface area (Å²) in [5.74, 6) is 0. The second kappa shape index (κ2) is 7.86. The molecule has 0 spiro atoms. The monoisotopic (exact) mass is 367 g/mol. The Balaban J connectivity index is 1.98. The molecule has 27 heavy (non-hydrogen) atoms. The van der Waals surface area contributed by atoms with Crippen LogP contribution in [0.25, 0.3) is 0 Å². The molecule has 4 aromatic carbocycles. The Hall–Kier alpha value is -2.77. The molecule has 0 unspecified atom stereocenters. The van der Waals surface area contributed by atoms with E-state index in [1.54, 1.807) is 0 Å². The number of benzene rings is 4. The first-order valence-electron chi connectivity index (χ1n) is 9.37. The van der Waals surface area contributed by atoms with Gasteiger partial charge in [-0.1, -0.05) is 120 Å². The maximum atomic E-state index is 6.14. The van der Waals surface area contributed by atoms with Crippen LogP contribution in [-0.4, -0.2) is 6.15 Å². The smallest absolute Gasteiger partial charge is 0.0856 e. The van der Waals surface area contributed by atoms with Crippen LogP contribution in [0.2, 0.25) is 5.02 Å². The SMILES string of the molecule is Clc1ccc(C[B-](c2ccccc2)(c2ccccc2)c2ccccc2)cc1. The number of hydrogen-bond donors (Lipinski definition) is 0. The van der Waals surface area contributed by atoms with E-state index in [0.717, 1.165) is 11.3 Å². The lowest BCUT2D eigenvalue weighted by Gasteiger charge is -2.43. The van der Waals surface area contributed by atoms with Gasteiger partial charge in [-0.2, -0.15) is 16.4 Å². The fourth-order valence-electron chi connectivity index (χ4n) is 4.25. The standard InChI is InChI=1S/C25H21BCl/c27-25-18-16-21(17-19-25)20-26(22-10-4-1-5-11-22,23-12-6-2-7-13-23)24-14-8-3-9-15-24/h1-19H,20H2/q-1. The second-order valence-corrected chi connectivity index (χ2v) is 7.54. The van der Waals surface area contributed by atoms with Crippen LogP contribution < -0.4 is 16.4 Å². The molecule has 0 saturated carbocycles. The fraction of sp³-hybridized carbons (Fsp3) is 0.0400. The Labute approximate surface area is 166 Å². The van der Waals surface area contributed by atoms with Crippen molar-refractivity contribution in [3.8, 4) is 0 Å². The molecule has 0 N–H and O–H groups in total. The van der Waals surface area contributed by atoms with Crippen molar-refractivity contribution in [2.45, 2.75) is 6.32 Å². The molecule has 0 heterocycles. The molecule has 4 rings (SSSR count). The highest BCUT2D eigenvalue weighted by atomic mass is 35.5. The lowest BCUT2D eigenvalue weighted by molar-refractivity contribution is 1.35. The van der Waals surface area contributed by atoms with Gasteiger partial charge in [0.15, 0.2) is 0 Å². The summed E-state index contributed by atoms with van der Waals surface area (Å²) >= 11 is 6.14. The molecular weight excluding hydrogens is 347 g/mol. The van der Waals surface area contributed by atoms with Gasteiger partial charge in [-0.15, -0.1) is 6.32 Å². The molecule has 0 atom stereocenters. The van der Waals surface area contributed by atoms with Crippen molar-refractivity contribution in [2.24, 2.45) is 0 Å². The third kappa shape index (κ3) is 3.56. The van der Waals surface area contributed by atoms with Gasteiger partial charge in [0.05, 0.1) is 6.15 Å². The zero-order valence-electron chi connectivity index (χ0n) is 15.1. The summed E-state index contributed by atoms with van der Waals surface area (Å²) in [5.41, 5.74) is 5.34. The molecule has 0 aliphatic heterocycles. The van der Waals surface area contributed by atoms with Crippen molar-refractivity contribution in [1.29, 1.82) is 0 Å². The van der Waals surface area contributed by atoms with E-state index in [-0.39, 0.29) is 0 Å². The van der Waals surface area contributed by atoms with Gasteiger partial charge >= 0.3 is 0 Å². The topological polar surface area (TPSA) is 0 Å². The van der Waals surface area contributed by atoms with Crippen LogP contribution >= 0.6 is 11.6 Å². The van der Waals surface area contributed by atoms with Crippen molar-refractivity contribution in [3.05, 3.63) is 126 Å². The van der Waals surface area contributed by atoms with Crippen LogP contribution in [0.1, 0.15) is 5.56 Å². The molecule has 0 aliphatic carbocycles. The van der Waals surface area contributed by atoms with Gasteiger partial charge in [0.1, 0.15) is 0 Å². The number of halogens is 1. The van der Waals surface area contributed by atoms with E-state index in [4.69, 9.17) is 11.6 Å². The number of rotatable bonds is 5. The minimum atomic E-state index is -1.15. The highest BCUT2D eigenvalue weighted by Crippen LogP contribution is 2.17. The van der Waals surface area contributed by atoms with Gasteiger partial charge < -0.3 is 0 Å². The number of hydrogen-bond acceptors (Lipinski definition) is 0. The van der Waals surface area contributed by atoms with Crippen molar-refractivity contribution in [3.63, 3.8) is 0 Å². The largest absolute Gasteiger partial charge is 0.200 e. The highest BCUT2D eigenvalue weighted by molar-refractivity contribution is 7.11. The second-order valence-electron chi connectivity index (χ2n) is 7.11. The molecule has 0 nitrogen and oxygen atoms in total. The molecule has 0 fully saturated rings. The molecule has 0 aromatic heterocycles. The summed E-state index contributed by atoms with van der Waals surface area (Å²) in [4.78, 5) is 0.